The standard InChI is InChI=1S/C38H79NO/c1-4-7-9-11-13-15-17-19-21-23-25-27-29-31-33-35-37(36-39-38(40)6-3)34-32-30-28-26-24-22-20-18-16-14-12-10-8-5-2/h37-40H,4-36H2,1-3H3. The number of hydrogen-bond donors (Lipinski definition) is 2. The van der Waals surface area contributed by atoms with Crippen LogP contribution in [-0.2, 0) is 0 Å². The molecule has 242 valence electrons. The molecule has 0 bridgehead atoms. The fourth-order valence-corrected chi connectivity index (χ4v) is 6.23. The molecule has 2 heteroatoms. The maximum absolute atomic E-state index is 9.99. The minimum atomic E-state index is -0.320. The van der Waals surface area contributed by atoms with Crippen molar-refractivity contribution < 1.29 is 5.11 Å². The van der Waals surface area contributed by atoms with E-state index in [1.807, 2.05) is 0 Å². The summed E-state index contributed by atoms with van der Waals surface area (Å²) in [5, 5.41) is 13.4. The molecule has 0 aromatic carbocycles. The van der Waals surface area contributed by atoms with Gasteiger partial charge in [0.25, 0.3) is 0 Å². The van der Waals surface area contributed by atoms with Gasteiger partial charge >= 0.3 is 0 Å². The van der Waals surface area contributed by atoms with Crippen LogP contribution in [0.1, 0.15) is 226 Å². The van der Waals surface area contributed by atoms with E-state index in [-0.39, 0.29) is 6.23 Å². The summed E-state index contributed by atoms with van der Waals surface area (Å²) < 4.78 is 0. The van der Waals surface area contributed by atoms with E-state index in [0.29, 0.717) is 0 Å². The molecule has 0 spiro atoms. The third-order valence-corrected chi connectivity index (χ3v) is 9.21. The normalized spacial score (nSPS) is 13.2. The van der Waals surface area contributed by atoms with E-state index in [2.05, 4.69) is 26.1 Å². The second-order valence-electron chi connectivity index (χ2n) is 13.3. The first-order valence-corrected chi connectivity index (χ1v) is 19.2. The van der Waals surface area contributed by atoms with Gasteiger partial charge in [-0.2, -0.15) is 0 Å². The van der Waals surface area contributed by atoms with Crippen LogP contribution in [0.2, 0.25) is 0 Å². The molecule has 0 aliphatic rings. The van der Waals surface area contributed by atoms with Crippen LogP contribution in [-0.4, -0.2) is 17.9 Å². The van der Waals surface area contributed by atoms with Gasteiger partial charge in [0.1, 0.15) is 6.23 Å². The summed E-state index contributed by atoms with van der Waals surface area (Å²) in [5.41, 5.74) is 0. The number of aliphatic hydroxyl groups is 1. The van der Waals surface area contributed by atoms with Gasteiger partial charge in [0, 0.05) is 6.54 Å². The molecule has 0 aliphatic heterocycles. The van der Waals surface area contributed by atoms with E-state index in [0.717, 1.165) is 18.9 Å². The van der Waals surface area contributed by atoms with Gasteiger partial charge in [-0.05, 0) is 25.2 Å². The zero-order valence-electron chi connectivity index (χ0n) is 28.4. The predicted octanol–water partition coefficient (Wildman–Crippen LogP) is 13.1. The number of nitrogens with one attached hydrogen (secondary N) is 1. The summed E-state index contributed by atoms with van der Waals surface area (Å²) in [7, 11) is 0. The molecule has 40 heavy (non-hydrogen) atoms. The molecular formula is C38H79NO. The quantitative estimate of drug-likeness (QED) is 0.0591. The van der Waals surface area contributed by atoms with Crippen LogP contribution < -0.4 is 5.32 Å². The first kappa shape index (κ1) is 39.9. The van der Waals surface area contributed by atoms with Crippen molar-refractivity contribution in [2.75, 3.05) is 6.54 Å². The lowest BCUT2D eigenvalue weighted by molar-refractivity contribution is 0.125. The minimum Gasteiger partial charge on any atom is -0.379 e. The van der Waals surface area contributed by atoms with Gasteiger partial charge < -0.3 is 5.11 Å². The summed E-state index contributed by atoms with van der Waals surface area (Å²) in [6.45, 7) is 7.67. The third kappa shape index (κ3) is 32.4. The lowest BCUT2D eigenvalue weighted by atomic mass is 9.93. The largest absolute Gasteiger partial charge is 0.379 e. The highest BCUT2D eigenvalue weighted by Gasteiger charge is 2.10. The lowest BCUT2D eigenvalue weighted by Crippen LogP contribution is -2.32. The van der Waals surface area contributed by atoms with Crippen molar-refractivity contribution >= 4 is 0 Å². The Morgan fingerprint density at radius 1 is 0.375 bits per heavy atom. The third-order valence-electron chi connectivity index (χ3n) is 9.21. The molecule has 0 saturated carbocycles. The summed E-state index contributed by atoms with van der Waals surface area (Å²) >= 11 is 0. The van der Waals surface area contributed by atoms with Crippen LogP contribution in [0.25, 0.3) is 0 Å². The first-order chi connectivity index (χ1) is 19.7. The van der Waals surface area contributed by atoms with Crippen molar-refractivity contribution in [2.45, 2.75) is 232 Å². The van der Waals surface area contributed by atoms with E-state index in [1.54, 1.807) is 0 Å². The Bertz CT molecular complexity index is 439. The molecule has 0 fully saturated rings. The van der Waals surface area contributed by atoms with Crippen LogP contribution >= 0.6 is 0 Å². The van der Waals surface area contributed by atoms with Gasteiger partial charge in [-0.3, -0.25) is 5.32 Å². The lowest BCUT2D eigenvalue weighted by Gasteiger charge is -2.20. The fraction of sp³-hybridized carbons (Fsp3) is 1.00. The zero-order valence-corrected chi connectivity index (χ0v) is 28.4. The number of hydrogen-bond acceptors (Lipinski definition) is 2. The summed E-state index contributed by atoms with van der Waals surface area (Å²) in [4.78, 5) is 0. The molecule has 0 heterocycles. The Balaban J connectivity index is 3.65. The highest BCUT2D eigenvalue weighted by molar-refractivity contribution is 4.65. The van der Waals surface area contributed by atoms with Crippen LogP contribution in [0.15, 0.2) is 0 Å². The second-order valence-corrected chi connectivity index (χ2v) is 13.3. The van der Waals surface area contributed by atoms with Crippen molar-refractivity contribution in [1.29, 1.82) is 0 Å². The molecule has 2 atom stereocenters. The average Bonchev–Trinajstić information content (AvgIpc) is 2.97. The van der Waals surface area contributed by atoms with Gasteiger partial charge in [0.05, 0.1) is 0 Å². The topological polar surface area (TPSA) is 32.3 Å². The van der Waals surface area contributed by atoms with E-state index in [4.69, 9.17) is 0 Å². The highest BCUT2D eigenvalue weighted by atomic mass is 16.3. The molecule has 2 nitrogen and oxygen atoms in total. The number of unbranched alkanes of at least 4 members (excludes halogenated alkanes) is 27. The van der Waals surface area contributed by atoms with E-state index in [1.165, 1.54) is 199 Å². The van der Waals surface area contributed by atoms with E-state index >= 15 is 0 Å². The fourth-order valence-electron chi connectivity index (χ4n) is 6.23. The summed E-state index contributed by atoms with van der Waals surface area (Å²) in [6, 6.07) is 0. The van der Waals surface area contributed by atoms with Gasteiger partial charge in [0.15, 0.2) is 0 Å². The maximum atomic E-state index is 9.99. The predicted molar refractivity (Wildman–Crippen MR) is 182 cm³/mol. The smallest absolute Gasteiger partial charge is 0.104 e. The molecule has 2 N–H and O–H groups in total. The molecule has 2 unspecified atom stereocenters. The van der Waals surface area contributed by atoms with Crippen molar-refractivity contribution in [3.05, 3.63) is 0 Å². The second kappa shape index (κ2) is 35.1. The SMILES string of the molecule is CCCCCCCCCCCCCCCCCC(CCCCCCCCCCCCCCCC)CNC(O)CC. The number of aliphatic hydroxyl groups excluding tert-OH is 1. The summed E-state index contributed by atoms with van der Waals surface area (Å²) in [5.74, 6) is 0.750. The molecular weight excluding hydrogens is 486 g/mol. The Labute approximate surface area is 255 Å². The minimum absolute atomic E-state index is 0.320. The van der Waals surface area contributed by atoms with Gasteiger partial charge in [-0.15, -0.1) is 0 Å². The first-order valence-electron chi connectivity index (χ1n) is 19.2. The average molecular weight is 566 g/mol. The van der Waals surface area contributed by atoms with Crippen molar-refractivity contribution in [1.82, 2.24) is 5.32 Å². The van der Waals surface area contributed by atoms with Gasteiger partial charge in [-0.1, -0.05) is 207 Å². The van der Waals surface area contributed by atoms with Crippen molar-refractivity contribution in [3.63, 3.8) is 0 Å². The molecule has 0 radical (unpaired) electrons. The van der Waals surface area contributed by atoms with Crippen molar-refractivity contribution in [2.24, 2.45) is 5.92 Å². The monoisotopic (exact) mass is 566 g/mol. The molecule has 0 amide bonds. The molecule has 0 rings (SSSR count). The van der Waals surface area contributed by atoms with Crippen LogP contribution in [0.3, 0.4) is 0 Å². The van der Waals surface area contributed by atoms with Gasteiger partial charge in [0.2, 0.25) is 0 Å². The Morgan fingerprint density at radius 2 is 0.625 bits per heavy atom. The van der Waals surface area contributed by atoms with Gasteiger partial charge in [-0.25, -0.2) is 0 Å². The maximum Gasteiger partial charge on any atom is 0.104 e. The molecule has 0 saturated heterocycles. The summed E-state index contributed by atoms with van der Waals surface area (Å²) in [6.07, 6.45) is 44.9. The van der Waals surface area contributed by atoms with E-state index < -0.39 is 0 Å². The molecule has 0 aromatic rings. The van der Waals surface area contributed by atoms with Crippen LogP contribution in [0.5, 0.6) is 0 Å². The Morgan fingerprint density at radius 3 is 0.875 bits per heavy atom. The van der Waals surface area contributed by atoms with E-state index in [9.17, 15) is 5.11 Å². The Hall–Kier alpha value is -0.0800. The molecule has 0 aromatic heterocycles. The van der Waals surface area contributed by atoms with Crippen LogP contribution in [0.4, 0.5) is 0 Å². The molecule has 0 aliphatic carbocycles. The van der Waals surface area contributed by atoms with Crippen molar-refractivity contribution in [3.8, 4) is 0 Å². The zero-order chi connectivity index (χ0) is 29.2. The van der Waals surface area contributed by atoms with Crippen LogP contribution in [0, 0.1) is 5.92 Å². The number of rotatable bonds is 35. The highest BCUT2D eigenvalue weighted by Crippen LogP contribution is 2.20. The Kier molecular flexibility index (Phi) is 35.0.